The second-order valence-electron chi connectivity index (χ2n) is 4.09. The maximum atomic E-state index is 15.0. The summed E-state index contributed by atoms with van der Waals surface area (Å²) in [4.78, 5) is 13.0. The molecule has 0 saturated carbocycles. The highest BCUT2D eigenvalue weighted by atomic mass is 19.1. The van der Waals surface area contributed by atoms with Gasteiger partial charge >= 0.3 is 0 Å². The highest BCUT2D eigenvalue weighted by Gasteiger charge is 2.45. The van der Waals surface area contributed by atoms with E-state index in [1.165, 1.54) is 4.90 Å². The van der Waals surface area contributed by atoms with Gasteiger partial charge in [0.25, 0.3) is 11.7 Å². The van der Waals surface area contributed by atoms with Crippen molar-refractivity contribution in [2.24, 2.45) is 5.73 Å². The molecule has 17 heavy (non-hydrogen) atoms. The van der Waals surface area contributed by atoms with E-state index in [9.17, 15) is 9.18 Å². The molecule has 92 valence electrons. The number of hydrogen-bond acceptors (Lipinski definition) is 3. The van der Waals surface area contributed by atoms with Gasteiger partial charge < -0.3 is 11.1 Å². The minimum atomic E-state index is -2.20. The number of primary amides is 1. The Labute approximate surface area is 99.6 Å². The molecule has 4 nitrogen and oxygen atoms in total. The second-order valence-corrected chi connectivity index (χ2v) is 4.09. The van der Waals surface area contributed by atoms with Crippen LogP contribution in [-0.2, 0) is 10.6 Å². The molecule has 1 fully saturated rings. The van der Waals surface area contributed by atoms with Gasteiger partial charge in [0.2, 0.25) is 0 Å². The molecule has 1 heterocycles. The molecule has 1 aliphatic heterocycles. The number of nitrogens with two attached hydrogens (primary N) is 1. The summed E-state index contributed by atoms with van der Waals surface area (Å²) in [5.41, 5.74) is 5.56. The van der Waals surface area contributed by atoms with Crippen LogP contribution in [0.2, 0.25) is 0 Å². The number of piperazine rings is 1. The van der Waals surface area contributed by atoms with Gasteiger partial charge in [-0.2, -0.15) is 0 Å². The molecular formula is C12H16FN3O. The SMILES string of the molecule is NC(=O)C(F)(c1ccccc1)N1CCNCC1. The average Bonchev–Trinajstić information content (AvgIpc) is 2.39. The van der Waals surface area contributed by atoms with Gasteiger partial charge in [-0.1, -0.05) is 30.3 Å². The first-order chi connectivity index (χ1) is 8.15. The predicted octanol–water partition coefficient (Wildman–Crippen LogP) is 0.199. The first kappa shape index (κ1) is 12.0. The Kier molecular flexibility index (Phi) is 3.40. The van der Waals surface area contributed by atoms with Crippen molar-refractivity contribution >= 4 is 5.91 Å². The molecule has 5 heteroatoms. The molecule has 0 aromatic heterocycles. The molecule has 2 rings (SSSR count). The molecule has 1 amide bonds. The normalized spacial score (nSPS) is 20.8. The Morgan fingerprint density at radius 1 is 1.29 bits per heavy atom. The minimum absolute atomic E-state index is 0.300. The number of rotatable bonds is 3. The number of nitrogens with one attached hydrogen (secondary N) is 1. The minimum Gasteiger partial charge on any atom is -0.365 e. The fourth-order valence-corrected chi connectivity index (χ4v) is 2.11. The summed E-state index contributed by atoms with van der Waals surface area (Å²) in [7, 11) is 0. The standard InChI is InChI=1S/C12H16FN3O/c13-12(11(14)17,10-4-2-1-3-5-10)16-8-6-15-7-9-16/h1-5,15H,6-9H2,(H2,14,17). The van der Waals surface area contributed by atoms with Gasteiger partial charge in [-0.3, -0.25) is 9.69 Å². The molecule has 1 saturated heterocycles. The molecular weight excluding hydrogens is 221 g/mol. The smallest absolute Gasteiger partial charge is 0.275 e. The van der Waals surface area contributed by atoms with E-state index >= 15 is 0 Å². The van der Waals surface area contributed by atoms with Crippen LogP contribution < -0.4 is 11.1 Å². The third kappa shape index (κ3) is 2.16. The van der Waals surface area contributed by atoms with Crippen LogP contribution in [0.4, 0.5) is 4.39 Å². The summed E-state index contributed by atoms with van der Waals surface area (Å²) < 4.78 is 15.0. The van der Waals surface area contributed by atoms with Crippen LogP contribution >= 0.6 is 0 Å². The van der Waals surface area contributed by atoms with Crippen LogP contribution in [0, 0.1) is 0 Å². The van der Waals surface area contributed by atoms with Crippen LogP contribution in [0.5, 0.6) is 0 Å². The fraction of sp³-hybridized carbons (Fsp3) is 0.417. The Balaban J connectivity index is 2.35. The van der Waals surface area contributed by atoms with Crippen LogP contribution in [0.15, 0.2) is 30.3 Å². The lowest BCUT2D eigenvalue weighted by atomic mass is 10.0. The third-order valence-electron chi connectivity index (χ3n) is 3.04. The number of alkyl halides is 1. The van der Waals surface area contributed by atoms with E-state index < -0.39 is 11.7 Å². The van der Waals surface area contributed by atoms with Gasteiger partial charge in [0.1, 0.15) is 0 Å². The van der Waals surface area contributed by atoms with E-state index in [0.717, 1.165) is 0 Å². The van der Waals surface area contributed by atoms with Gasteiger partial charge in [0.05, 0.1) is 0 Å². The molecule has 0 spiro atoms. The third-order valence-corrected chi connectivity index (χ3v) is 3.04. The van der Waals surface area contributed by atoms with E-state index in [4.69, 9.17) is 5.73 Å². The molecule has 0 aliphatic carbocycles. The van der Waals surface area contributed by atoms with E-state index in [-0.39, 0.29) is 0 Å². The molecule has 1 aromatic rings. The van der Waals surface area contributed by atoms with Gasteiger partial charge in [-0.05, 0) is 0 Å². The first-order valence-corrected chi connectivity index (χ1v) is 5.66. The fourth-order valence-electron chi connectivity index (χ4n) is 2.11. The number of hydrogen-bond donors (Lipinski definition) is 2. The Bertz CT molecular complexity index is 392. The van der Waals surface area contributed by atoms with E-state index in [2.05, 4.69) is 5.32 Å². The number of nitrogens with zero attached hydrogens (tertiary/aromatic N) is 1. The zero-order valence-corrected chi connectivity index (χ0v) is 9.53. The van der Waals surface area contributed by atoms with Crippen LogP contribution in [0.3, 0.4) is 0 Å². The van der Waals surface area contributed by atoms with Crippen molar-refractivity contribution in [2.75, 3.05) is 26.2 Å². The summed E-state index contributed by atoms with van der Waals surface area (Å²) in [5, 5.41) is 3.12. The summed E-state index contributed by atoms with van der Waals surface area (Å²) in [5.74, 6) is -3.16. The van der Waals surface area contributed by atoms with Crippen LogP contribution in [0.1, 0.15) is 5.56 Å². The molecule has 1 aliphatic rings. The number of benzene rings is 1. The van der Waals surface area contributed by atoms with Crippen molar-refractivity contribution in [3.05, 3.63) is 35.9 Å². The summed E-state index contributed by atoms with van der Waals surface area (Å²) in [6.07, 6.45) is 0. The second kappa shape index (κ2) is 4.81. The van der Waals surface area contributed by atoms with E-state index in [1.807, 2.05) is 0 Å². The highest BCUT2D eigenvalue weighted by molar-refractivity contribution is 5.84. The zero-order valence-electron chi connectivity index (χ0n) is 9.53. The van der Waals surface area contributed by atoms with Crippen molar-refractivity contribution in [1.82, 2.24) is 10.2 Å². The van der Waals surface area contributed by atoms with Crippen molar-refractivity contribution in [1.29, 1.82) is 0 Å². The Morgan fingerprint density at radius 2 is 1.88 bits per heavy atom. The van der Waals surface area contributed by atoms with Gasteiger partial charge in [-0.15, -0.1) is 0 Å². The van der Waals surface area contributed by atoms with Gasteiger partial charge in [-0.25, -0.2) is 4.39 Å². The van der Waals surface area contributed by atoms with Crippen molar-refractivity contribution in [2.45, 2.75) is 5.79 Å². The van der Waals surface area contributed by atoms with E-state index in [1.54, 1.807) is 30.3 Å². The molecule has 0 radical (unpaired) electrons. The maximum absolute atomic E-state index is 15.0. The average molecular weight is 237 g/mol. The number of carbonyl (C=O) groups excluding carboxylic acids is 1. The lowest BCUT2D eigenvalue weighted by molar-refractivity contribution is -0.146. The molecule has 0 bridgehead atoms. The summed E-state index contributed by atoms with van der Waals surface area (Å²) >= 11 is 0. The number of halogens is 1. The number of amides is 1. The van der Waals surface area contributed by atoms with Gasteiger partial charge in [0.15, 0.2) is 0 Å². The van der Waals surface area contributed by atoms with E-state index in [0.29, 0.717) is 31.7 Å². The lowest BCUT2D eigenvalue weighted by Gasteiger charge is -2.37. The van der Waals surface area contributed by atoms with Crippen molar-refractivity contribution in [3.8, 4) is 0 Å². The largest absolute Gasteiger partial charge is 0.365 e. The predicted molar refractivity (Wildman–Crippen MR) is 62.9 cm³/mol. The molecule has 1 unspecified atom stereocenters. The molecule has 1 atom stereocenters. The first-order valence-electron chi connectivity index (χ1n) is 5.66. The molecule has 1 aromatic carbocycles. The quantitative estimate of drug-likeness (QED) is 0.738. The zero-order chi connectivity index (χ0) is 12.3. The van der Waals surface area contributed by atoms with Crippen molar-refractivity contribution < 1.29 is 9.18 Å². The Hall–Kier alpha value is -1.46. The lowest BCUT2D eigenvalue weighted by Crippen LogP contribution is -2.57. The summed E-state index contributed by atoms with van der Waals surface area (Å²) in [6, 6.07) is 8.37. The van der Waals surface area contributed by atoms with Crippen molar-refractivity contribution in [3.63, 3.8) is 0 Å². The molecule has 3 N–H and O–H groups in total. The highest BCUT2D eigenvalue weighted by Crippen LogP contribution is 2.30. The summed E-state index contributed by atoms with van der Waals surface area (Å²) in [6.45, 7) is 2.25. The topological polar surface area (TPSA) is 58.4 Å². The Morgan fingerprint density at radius 3 is 2.41 bits per heavy atom. The number of carbonyl (C=O) groups is 1. The van der Waals surface area contributed by atoms with Crippen LogP contribution in [0.25, 0.3) is 0 Å². The monoisotopic (exact) mass is 237 g/mol. The maximum Gasteiger partial charge on any atom is 0.275 e. The van der Waals surface area contributed by atoms with Gasteiger partial charge in [0, 0.05) is 31.7 Å². The van der Waals surface area contributed by atoms with Crippen LogP contribution in [-0.4, -0.2) is 37.0 Å².